The van der Waals surface area contributed by atoms with Crippen molar-refractivity contribution in [1.82, 2.24) is 20.1 Å². The summed E-state index contributed by atoms with van der Waals surface area (Å²) in [5.41, 5.74) is 0.778. The molecule has 0 bridgehead atoms. The molecule has 1 aliphatic heterocycles. The Morgan fingerprint density at radius 2 is 1.93 bits per heavy atom. The van der Waals surface area contributed by atoms with Gasteiger partial charge < -0.3 is 45.8 Å². The zero-order chi connectivity index (χ0) is 28.9. The first-order chi connectivity index (χ1) is 19.1. The van der Waals surface area contributed by atoms with Crippen molar-refractivity contribution in [3.63, 3.8) is 0 Å². The minimum atomic E-state index is -2.82. The smallest absolute Gasteiger partial charge is 0.338 e. The van der Waals surface area contributed by atoms with E-state index in [4.69, 9.17) is 35.9 Å². The van der Waals surface area contributed by atoms with Crippen LogP contribution in [-0.4, -0.2) is 65.7 Å². The number of nitrogens with zero attached hydrogens (tertiary/aromatic N) is 7. The summed E-state index contributed by atoms with van der Waals surface area (Å²) in [4.78, 5) is 13.4. The number of benzene rings is 2. The number of ether oxygens (including phenoxy) is 3. The number of fused-ring (bicyclic) bond motifs is 1. The number of aromatic nitrogens is 5. The van der Waals surface area contributed by atoms with E-state index in [-0.39, 0.29) is 33.2 Å². The van der Waals surface area contributed by atoms with E-state index in [0.29, 0.717) is 40.9 Å². The first-order valence-corrected chi connectivity index (χ1v) is 13.0. The van der Waals surface area contributed by atoms with Crippen molar-refractivity contribution in [2.45, 2.75) is 12.8 Å². The van der Waals surface area contributed by atoms with Crippen LogP contribution in [0.3, 0.4) is 0 Å². The van der Waals surface area contributed by atoms with Crippen molar-refractivity contribution in [3.8, 4) is 39.5 Å². The van der Waals surface area contributed by atoms with Crippen LogP contribution in [0.15, 0.2) is 47.8 Å². The molecule has 0 spiro atoms. The average Bonchev–Trinajstić information content (AvgIpc) is 3.64. The van der Waals surface area contributed by atoms with Crippen molar-refractivity contribution < 1.29 is 49.1 Å². The number of thiazole rings is 1. The molecule has 12 nitrogen and oxygen atoms in total. The lowest BCUT2D eigenvalue weighted by atomic mass is 10.2. The highest BCUT2D eigenvalue weighted by Gasteiger charge is 2.32. The number of para-hydroxylation sites is 2. The van der Waals surface area contributed by atoms with Gasteiger partial charge in [-0.05, 0) is 30.3 Å². The maximum absolute atomic E-state index is 13.5. The molecule has 3 heterocycles. The van der Waals surface area contributed by atoms with Crippen LogP contribution in [0.2, 0.25) is 4.34 Å². The molecule has 0 N–H and O–H groups in total. The lowest BCUT2D eigenvalue weighted by Gasteiger charge is -2.23. The van der Waals surface area contributed by atoms with Crippen LogP contribution in [0.4, 0.5) is 8.78 Å². The van der Waals surface area contributed by atoms with Gasteiger partial charge in [0.1, 0.15) is 15.1 Å². The Hall–Kier alpha value is -3.47. The van der Waals surface area contributed by atoms with E-state index in [1.165, 1.54) is 4.80 Å². The Balaban J connectivity index is 0.00000111. The molecule has 0 amide bonds. The number of hydrogen-bond acceptors (Lipinski definition) is 10. The third kappa shape index (κ3) is 7.63. The fourth-order valence-electron chi connectivity index (χ4n) is 3.81. The molecule has 0 atom stereocenters. The molecule has 0 fully saturated rings. The Kier molecular flexibility index (Phi) is 10.9. The van der Waals surface area contributed by atoms with E-state index in [1.807, 2.05) is 30.3 Å². The largest absolute Gasteiger partial charge is 1.00 e. The Labute approximate surface area is 252 Å². The van der Waals surface area contributed by atoms with Gasteiger partial charge in [0.2, 0.25) is 6.79 Å². The number of halogens is 4. The molecule has 0 aliphatic carbocycles. The topological polar surface area (TPSA) is 128 Å². The lowest BCUT2D eigenvalue weighted by molar-refractivity contribution is -0.870. The summed E-state index contributed by atoms with van der Waals surface area (Å²) in [6, 6.07) is 12.8. The molecule has 41 heavy (non-hydrogen) atoms. The predicted molar refractivity (Wildman–Crippen MR) is 142 cm³/mol. The minimum Gasteiger partial charge on any atom is -1.00 e. The molecular weight excluding hydrogens is 652 g/mol. The van der Waals surface area contributed by atoms with Crippen LogP contribution >= 0.6 is 22.9 Å². The summed E-state index contributed by atoms with van der Waals surface area (Å²) in [6.45, 7) is 1.56. The van der Waals surface area contributed by atoms with Crippen LogP contribution < -0.4 is 35.9 Å². The van der Waals surface area contributed by atoms with Crippen molar-refractivity contribution in [1.29, 1.82) is 0 Å². The summed E-state index contributed by atoms with van der Waals surface area (Å²) >= 11 is 6.97. The number of hydrogen-bond donors (Lipinski definition) is 0. The van der Waals surface area contributed by atoms with Gasteiger partial charge in [-0.15, -0.1) is 10.0 Å². The number of alkyl halides is 2. The maximum Gasteiger partial charge on any atom is 0.338 e. The molecule has 17 heteroatoms. The van der Waals surface area contributed by atoms with Gasteiger partial charge in [0.15, 0.2) is 28.1 Å². The summed E-state index contributed by atoms with van der Waals surface area (Å²) in [5.74, 6) is 2.19. The highest BCUT2D eigenvalue weighted by molar-refractivity contribution is 7.18. The van der Waals surface area contributed by atoms with Crippen LogP contribution in [-0.2, 0) is 0 Å². The molecule has 0 saturated heterocycles. The van der Waals surface area contributed by atoms with Gasteiger partial charge in [-0.1, -0.05) is 35.1 Å². The zero-order valence-corrected chi connectivity index (χ0v) is 25.2. The molecule has 1 aliphatic rings. The minimum absolute atomic E-state index is 0. The summed E-state index contributed by atoms with van der Waals surface area (Å²) in [5, 5.41) is 17.8. The molecular formula is C24H25BrClF2N7O5S. The number of tetrazole rings is 1. The van der Waals surface area contributed by atoms with Crippen LogP contribution in [0.5, 0.6) is 17.2 Å². The average molecular weight is 677 g/mol. The second-order valence-electron chi connectivity index (χ2n) is 9.40. The van der Waals surface area contributed by atoms with E-state index in [1.54, 1.807) is 16.8 Å². The quantitative estimate of drug-likeness (QED) is 0.0863. The summed E-state index contributed by atoms with van der Waals surface area (Å²) in [7, 11) is 6.37. The van der Waals surface area contributed by atoms with Crippen LogP contribution in [0.1, 0.15) is 18.5 Å². The Morgan fingerprint density at radius 1 is 1.22 bits per heavy atom. The molecule has 2 aromatic heterocycles. The molecule has 0 radical (unpaired) electrons. The fraction of sp³-hybridized carbons (Fsp3) is 0.333. The molecule has 220 valence electrons. The van der Waals surface area contributed by atoms with Crippen LogP contribution in [0, 0.1) is 10.1 Å². The van der Waals surface area contributed by atoms with E-state index in [9.17, 15) is 8.78 Å². The Bertz CT molecular complexity index is 1490. The first-order valence-electron chi connectivity index (χ1n) is 11.8. The SMILES string of the molecule is C[N+](C)(C)CCCOc1ccccc1-[n+]1c(-c2ccc3c(c2)OCO3)nnn1-c1nc(C(F)F)c(Cl)s1.O=N[O-].[Br-]. The fourth-order valence-corrected chi connectivity index (χ4v) is 4.89. The Morgan fingerprint density at radius 3 is 2.61 bits per heavy atom. The standard InChI is InChI=1S/C24H25ClF2N6O3S.BrH.HNO2/c1-33(2,3)11-6-12-34-17-8-5-4-7-16(17)31-23(15-9-10-18-19(13-15)36-14-35-18)29-30-32(31)24-28-20(22(26)27)21(25)37-24;;2-1-3/h4-5,7-10,13,22H,6,11-12,14H2,1-3H3;1H;(H,2,3)/q+2;;/p-2. The van der Waals surface area contributed by atoms with Gasteiger partial charge in [0.25, 0.3) is 11.6 Å². The van der Waals surface area contributed by atoms with E-state index >= 15 is 0 Å². The van der Waals surface area contributed by atoms with Crippen molar-refractivity contribution in [2.24, 2.45) is 5.34 Å². The van der Waals surface area contributed by atoms with Gasteiger partial charge in [-0.3, -0.25) is 0 Å². The number of quaternary nitrogens is 1. The van der Waals surface area contributed by atoms with Gasteiger partial charge in [0.05, 0.1) is 39.9 Å². The maximum atomic E-state index is 13.5. The van der Waals surface area contributed by atoms with Crippen molar-refractivity contribution >= 4 is 22.9 Å². The zero-order valence-electron chi connectivity index (χ0n) is 22.0. The summed E-state index contributed by atoms with van der Waals surface area (Å²) in [6.07, 6.45) is -1.98. The van der Waals surface area contributed by atoms with Crippen molar-refractivity contribution in [2.75, 3.05) is 41.1 Å². The molecule has 2 aromatic carbocycles. The van der Waals surface area contributed by atoms with E-state index < -0.39 is 12.1 Å². The van der Waals surface area contributed by atoms with Gasteiger partial charge in [0, 0.05) is 11.2 Å². The third-order valence-electron chi connectivity index (χ3n) is 5.55. The van der Waals surface area contributed by atoms with E-state index in [0.717, 1.165) is 34.1 Å². The second kappa shape index (κ2) is 13.9. The van der Waals surface area contributed by atoms with Gasteiger partial charge in [-0.25, -0.2) is 13.8 Å². The predicted octanol–water partition coefficient (Wildman–Crippen LogP) is 1.72. The van der Waals surface area contributed by atoms with Crippen LogP contribution in [0.25, 0.3) is 22.2 Å². The molecule has 0 saturated carbocycles. The number of rotatable bonds is 9. The normalized spacial score (nSPS) is 12.0. The lowest BCUT2D eigenvalue weighted by Crippen LogP contribution is -3.00. The second-order valence-corrected chi connectivity index (χ2v) is 11.0. The molecule has 5 rings (SSSR count). The highest BCUT2D eigenvalue weighted by atomic mass is 79.9. The highest BCUT2D eigenvalue weighted by Crippen LogP contribution is 2.36. The van der Waals surface area contributed by atoms with Crippen molar-refractivity contribution in [3.05, 3.63) is 62.6 Å². The summed E-state index contributed by atoms with van der Waals surface area (Å²) < 4.78 is 46.4. The molecule has 0 unspecified atom stereocenters. The molecule has 4 aromatic rings. The van der Waals surface area contributed by atoms with E-state index in [2.05, 4.69) is 36.4 Å². The monoisotopic (exact) mass is 675 g/mol. The first kappa shape index (κ1) is 32.0. The van der Waals surface area contributed by atoms with Gasteiger partial charge >= 0.3 is 5.82 Å². The van der Waals surface area contributed by atoms with Gasteiger partial charge in [-0.2, -0.15) is 0 Å². The third-order valence-corrected chi connectivity index (χ3v) is 6.80.